The highest BCUT2D eigenvalue weighted by molar-refractivity contribution is 14.0. The Labute approximate surface area is 173 Å². The Kier molecular flexibility index (Phi) is 10.4. The molecule has 0 atom stereocenters. The van der Waals surface area contributed by atoms with E-state index in [0.717, 1.165) is 63.6 Å². The van der Waals surface area contributed by atoms with Gasteiger partial charge in [-0.3, -0.25) is 4.99 Å². The lowest BCUT2D eigenvalue weighted by Crippen LogP contribution is -2.43. The number of nitrogens with zero attached hydrogens (tertiary/aromatic N) is 2. The highest BCUT2D eigenvalue weighted by atomic mass is 127. The Morgan fingerprint density at radius 2 is 2.08 bits per heavy atom. The molecule has 0 spiro atoms. The number of hydrogen-bond donors (Lipinski definition) is 2. The number of hydrogen-bond acceptors (Lipinski definition) is 3. The van der Waals surface area contributed by atoms with Crippen LogP contribution in [0.3, 0.4) is 0 Å². The number of aliphatic imine (C=N–C) groups is 1. The van der Waals surface area contributed by atoms with E-state index >= 15 is 0 Å². The van der Waals surface area contributed by atoms with Crippen molar-refractivity contribution in [2.75, 3.05) is 54.0 Å². The summed E-state index contributed by atoms with van der Waals surface area (Å²) in [6.07, 6.45) is 3.21. The van der Waals surface area contributed by atoms with Gasteiger partial charge in [-0.2, -0.15) is 0 Å². The molecule has 26 heavy (non-hydrogen) atoms. The molecule has 0 saturated heterocycles. The van der Waals surface area contributed by atoms with E-state index in [4.69, 9.17) is 4.74 Å². The molecule has 1 aromatic carbocycles. The van der Waals surface area contributed by atoms with Crippen LogP contribution in [0.15, 0.2) is 29.3 Å². The van der Waals surface area contributed by atoms with Crippen molar-refractivity contribution in [2.45, 2.75) is 24.7 Å². The topological polar surface area (TPSA) is 48.9 Å². The van der Waals surface area contributed by atoms with Crippen molar-refractivity contribution in [3.05, 3.63) is 35.6 Å². The molecule has 0 radical (unpaired) electrons. The second kappa shape index (κ2) is 11.7. The monoisotopic (exact) mass is 478 g/mol. The fourth-order valence-electron chi connectivity index (χ4n) is 2.97. The SMILES string of the molecule is CN=C(NCCN(C)CCCOC)NCC1(c2cccc(F)c2)CC1.I. The second-order valence-corrected chi connectivity index (χ2v) is 6.79. The van der Waals surface area contributed by atoms with Gasteiger partial charge in [0.25, 0.3) is 0 Å². The minimum Gasteiger partial charge on any atom is -0.385 e. The van der Waals surface area contributed by atoms with Crippen molar-refractivity contribution in [3.8, 4) is 0 Å². The van der Waals surface area contributed by atoms with E-state index in [1.165, 1.54) is 6.07 Å². The summed E-state index contributed by atoms with van der Waals surface area (Å²) >= 11 is 0. The van der Waals surface area contributed by atoms with Crippen molar-refractivity contribution in [2.24, 2.45) is 4.99 Å². The zero-order valence-electron chi connectivity index (χ0n) is 16.1. The highest BCUT2D eigenvalue weighted by Crippen LogP contribution is 2.47. The molecule has 0 aliphatic heterocycles. The molecule has 1 aliphatic rings. The van der Waals surface area contributed by atoms with Crippen LogP contribution in [0.5, 0.6) is 0 Å². The van der Waals surface area contributed by atoms with Crippen LogP contribution in [0.1, 0.15) is 24.8 Å². The number of nitrogens with one attached hydrogen (secondary N) is 2. The van der Waals surface area contributed by atoms with Crippen molar-refractivity contribution < 1.29 is 9.13 Å². The zero-order chi connectivity index (χ0) is 18.1. The van der Waals surface area contributed by atoms with E-state index in [9.17, 15) is 4.39 Å². The summed E-state index contributed by atoms with van der Waals surface area (Å²) in [7, 11) is 5.61. The maximum absolute atomic E-state index is 13.5. The molecule has 1 aromatic rings. The van der Waals surface area contributed by atoms with Crippen LogP contribution in [-0.2, 0) is 10.2 Å². The first-order valence-electron chi connectivity index (χ1n) is 8.98. The van der Waals surface area contributed by atoms with Gasteiger partial charge in [0.1, 0.15) is 5.82 Å². The summed E-state index contributed by atoms with van der Waals surface area (Å²) in [4.78, 5) is 6.56. The fourth-order valence-corrected chi connectivity index (χ4v) is 2.97. The van der Waals surface area contributed by atoms with E-state index in [-0.39, 0.29) is 35.2 Å². The van der Waals surface area contributed by atoms with Gasteiger partial charge in [0, 0.05) is 52.4 Å². The van der Waals surface area contributed by atoms with Gasteiger partial charge in [0.2, 0.25) is 0 Å². The standard InChI is InChI=1S/C19H31FN4O.HI/c1-21-18(22-10-12-24(2)11-5-13-25-3)23-15-19(8-9-19)16-6-4-7-17(20)14-16;/h4,6-7,14H,5,8-13,15H2,1-3H3,(H2,21,22,23);1H. The van der Waals surface area contributed by atoms with E-state index in [0.29, 0.717) is 0 Å². The lowest BCUT2D eigenvalue weighted by atomic mass is 9.96. The number of likely N-dealkylation sites (N-methyl/N-ethyl adjacent to an activating group) is 1. The lowest BCUT2D eigenvalue weighted by Gasteiger charge is -2.21. The van der Waals surface area contributed by atoms with Crippen molar-refractivity contribution in [1.82, 2.24) is 15.5 Å². The summed E-state index contributed by atoms with van der Waals surface area (Å²) < 4.78 is 18.5. The number of ether oxygens (including phenoxy) is 1. The number of guanidine groups is 1. The highest BCUT2D eigenvalue weighted by Gasteiger charge is 2.44. The molecule has 1 aliphatic carbocycles. The minimum atomic E-state index is -0.164. The quantitative estimate of drug-likeness (QED) is 0.235. The lowest BCUT2D eigenvalue weighted by molar-refractivity contribution is 0.180. The molecule has 0 unspecified atom stereocenters. The van der Waals surface area contributed by atoms with Gasteiger partial charge in [-0.25, -0.2) is 4.39 Å². The first kappa shape index (κ1) is 23.1. The predicted molar refractivity (Wildman–Crippen MR) is 116 cm³/mol. The molecule has 7 heteroatoms. The molecule has 0 amide bonds. The maximum atomic E-state index is 13.5. The molecular weight excluding hydrogens is 446 g/mol. The average molecular weight is 478 g/mol. The Morgan fingerprint density at radius 3 is 2.69 bits per heavy atom. The third-order valence-corrected chi connectivity index (χ3v) is 4.78. The van der Waals surface area contributed by atoms with Crippen molar-refractivity contribution in [1.29, 1.82) is 0 Å². The van der Waals surface area contributed by atoms with Gasteiger partial charge < -0.3 is 20.3 Å². The predicted octanol–water partition coefficient (Wildman–Crippen LogP) is 2.61. The zero-order valence-corrected chi connectivity index (χ0v) is 18.4. The van der Waals surface area contributed by atoms with Gasteiger partial charge in [0.15, 0.2) is 5.96 Å². The smallest absolute Gasteiger partial charge is 0.191 e. The fraction of sp³-hybridized carbons (Fsp3) is 0.632. The molecule has 0 bridgehead atoms. The molecule has 148 valence electrons. The summed E-state index contributed by atoms with van der Waals surface area (Å²) in [5.41, 5.74) is 1.13. The number of methoxy groups -OCH3 is 1. The maximum Gasteiger partial charge on any atom is 0.191 e. The molecule has 1 fully saturated rings. The Bertz CT molecular complexity index is 566. The van der Waals surface area contributed by atoms with E-state index in [2.05, 4.69) is 27.6 Å². The van der Waals surface area contributed by atoms with E-state index < -0.39 is 0 Å². The summed E-state index contributed by atoms with van der Waals surface area (Å²) in [5, 5.41) is 6.74. The molecule has 1 saturated carbocycles. The van der Waals surface area contributed by atoms with Crippen LogP contribution in [0.2, 0.25) is 0 Å². The molecular formula is C19H32FIN4O. The van der Waals surface area contributed by atoms with Gasteiger partial charge in [0.05, 0.1) is 0 Å². The van der Waals surface area contributed by atoms with Crippen molar-refractivity contribution >= 4 is 29.9 Å². The van der Waals surface area contributed by atoms with Crippen LogP contribution in [0, 0.1) is 5.82 Å². The van der Waals surface area contributed by atoms with Crippen LogP contribution in [0.25, 0.3) is 0 Å². The Morgan fingerprint density at radius 1 is 1.31 bits per heavy atom. The normalized spacial score (nSPS) is 15.5. The third kappa shape index (κ3) is 7.36. The number of benzene rings is 1. The van der Waals surface area contributed by atoms with Gasteiger partial charge >= 0.3 is 0 Å². The van der Waals surface area contributed by atoms with Gasteiger partial charge in [-0.15, -0.1) is 24.0 Å². The van der Waals surface area contributed by atoms with Crippen LogP contribution < -0.4 is 10.6 Å². The van der Waals surface area contributed by atoms with Crippen LogP contribution in [-0.4, -0.2) is 64.9 Å². The Balaban J connectivity index is 0.00000338. The summed E-state index contributed by atoms with van der Waals surface area (Å²) in [6.45, 7) is 4.36. The number of rotatable bonds is 10. The summed E-state index contributed by atoms with van der Waals surface area (Å²) in [6, 6.07) is 6.95. The third-order valence-electron chi connectivity index (χ3n) is 4.78. The molecule has 2 rings (SSSR count). The van der Waals surface area contributed by atoms with Crippen LogP contribution in [0.4, 0.5) is 4.39 Å². The van der Waals surface area contributed by atoms with Crippen LogP contribution >= 0.6 is 24.0 Å². The van der Waals surface area contributed by atoms with Crippen molar-refractivity contribution in [3.63, 3.8) is 0 Å². The average Bonchev–Trinajstić information content (AvgIpc) is 3.39. The van der Waals surface area contributed by atoms with Gasteiger partial charge in [-0.05, 0) is 44.0 Å². The Hall–Kier alpha value is -0.930. The minimum absolute atomic E-state index is 0. The molecule has 0 heterocycles. The molecule has 5 nitrogen and oxygen atoms in total. The number of halogens is 2. The molecule has 2 N–H and O–H groups in total. The largest absolute Gasteiger partial charge is 0.385 e. The first-order chi connectivity index (χ1) is 12.1. The van der Waals surface area contributed by atoms with Gasteiger partial charge in [-0.1, -0.05) is 12.1 Å². The van der Waals surface area contributed by atoms with E-state index in [1.807, 2.05) is 6.07 Å². The second-order valence-electron chi connectivity index (χ2n) is 6.79. The van der Waals surface area contributed by atoms with E-state index in [1.54, 1.807) is 26.3 Å². The first-order valence-corrected chi connectivity index (χ1v) is 8.98. The summed E-state index contributed by atoms with van der Waals surface area (Å²) in [5.74, 6) is 0.635. The molecule has 0 aromatic heterocycles.